The van der Waals surface area contributed by atoms with Gasteiger partial charge >= 0.3 is 0 Å². The zero-order valence-corrected chi connectivity index (χ0v) is 16.1. The summed E-state index contributed by atoms with van der Waals surface area (Å²) in [6.45, 7) is 9.18. The van der Waals surface area contributed by atoms with Crippen LogP contribution in [0.1, 0.15) is 50.8 Å². The van der Waals surface area contributed by atoms with Crippen LogP contribution in [0, 0.1) is 5.92 Å². The lowest BCUT2D eigenvalue weighted by Crippen LogP contribution is -2.39. The Balaban J connectivity index is 1.80. The van der Waals surface area contributed by atoms with Crippen LogP contribution in [-0.4, -0.2) is 32.8 Å². The summed E-state index contributed by atoms with van der Waals surface area (Å²) in [5.74, 6) is 1.54. The van der Waals surface area contributed by atoms with E-state index in [0.29, 0.717) is 5.92 Å². The standard InChI is InChI=1S/C21H33N3O/c1-16(2)15-19-5-7-20(8-6-19)17(3)24-21(22-4)23-12-9-18-10-13-25-14-11-18/h5-8,10,16-17H,9,11-15H2,1-4H3,(H2,22,23,24). The molecule has 0 aliphatic carbocycles. The third-order valence-corrected chi connectivity index (χ3v) is 4.50. The molecule has 0 aromatic heterocycles. The third-order valence-electron chi connectivity index (χ3n) is 4.50. The molecule has 0 bridgehead atoms. The fourth-order valence-electron chi connectivity index (χ4n) is 3.03. The summed E-state index contributed by atoms with van der Waals surface area (Å²) < 4.78 is 5.35. The van der Waals surface area contributed by atoms with Gasteiger partial charge in [0.2, 0.25) is 0 Å². The first-order valence-corrected chi connectivity index (χ1v) is 9.40. The number of ether oxygens (including phenoxy) is 1. The summed E-state index contributed by atoms with van der Waals surface area (Å²) in [6.07, 6.45) is 5.42. The maximum Gasteiger partial charge on any atom is 0.191 e. The highest BCUT2D eigenvalue weighted by atomic mass is 16.5. The van der Waals surface area contributed by atoms with E-state index in [1.165, 1.54) is 16.7 Å². The molecule has 0 amide bonds. The molecule has 1 heterocycles. The average Bonchev–Trinajstić information content (AvgIpc) is 2.61. The molecule has 0 fully saturated rings. The van der Waals surface area contributed by atoms with Crippen LogP contribution in [0.3, 0.4) is 0 Å². The number of benzene rings is 1. The van der Waals surface area contributed by atoms with Gasteiger partial charge in [-0.25, -0.2) is 0 Å². The van der Waals surface area contributed by atoms with E-state index in [2.05, 4.69) is 66.7 Å². The smallest absolute Gasteiger partial charge is 0.191 e. The van der Waals surface area contributed by atoms with Crippen LogP contribution in [0.4, 0.5) is 0 Å². The molecule has 1 aliphatic rings. The van der Waals surface area contributed by atoms with Gasteiger partial charge in [0.25, 0.3) is 0 Å². The Morgan fingerprint density at radius 2 is 1.96 bits per heavy atom. The van der Waals surface area contributed by atoms with Gasteiger partial charge < -0.3 is 15.4 Å². The van der Waals surface area contributed by atoms with E-state index in [0.717, 1.165) is 45.0 Å². The summed E-state index contributed by atoms with van der Waals surface area (Å²) in [5, 5.41) is 6.89. The molecule has 0 spiro atoms. The molecule has 2 N–H and O–H groups in total. The first kappa shape index (κ1) is 19.5. The number of aliphatic imine (C=N–C) groups is 1. The van der Waals surface area contributed by atoms with Crippen LogP contribution in [0.15, 0.2) is 40.9 Å². The van der Waals surface area contributed by atoms with Gasteiger partial charge in [0.1, 0.15) is 0 Å². The maximum absolute atomic E-state index is 5.35. The molecular weight excluding hydrogens is 310 g/mol. The van der Waals surface area contributed by atoms with E-state index >= 15 is 0 Å². The van der Waals surface area contributed by atoms with Crippen LogP contribution in [0.25, 0.3) is 0 Å². The molecule has 1 unspecified atom stereocenters. The van der Waals surface area contributed by atoms with E-state index in [4.69, 9.17) is 4.74 Å². The number of guanidine groups is 1. The number of hydrogen-bond donors (Lipinski definition) is 2. The Hall–Kier alpha value is -1.81. The highest BCUT2D eigenvalue weighted by Gasteiger charge is 2.09. The van der Waals surface area contributed by atoms with Gasteiger partial charge in [0.05, 0.1) is 19.3 Å². The Bertz CT molecular complexity index is 575. The summed E-state index contributed by atoms with van der Waals surface area (Å²) in [5.41, 5.74) is 4.16. The zero-order chi connectivity index (χ0) is 18.1. The highest BCUT2D eigenvalue weighted by molar-refractivity contribution is 5.80. The Kier molecular flexibility index (Phi) is 7.99. The van der Waals surface area contributed by atoms with Gasteiger partial charge in [-0.2, -0.15) is 0 Å². The molecule has 2 rings (SSSR count). The molecule has 4 heteroatoms. The van der Waals surface area contributed by atoms with Crippen LogP contribution in [0.2, 0.25) is 0 Å². The second-order valence-corrected chi connectivity index (χ2v) is 7.14. The van der Waals surface area contributed by atoms with Crippen LogP contribution in [0.5, 0.6) is 0 Å². The van der Waals surface area contributed by atoms with Crippen LogP contribution >= 0.6 is 0 Å². The first-order chi connectivity index (χ1) is 12.1. The number of rotatable bonds is 7. The van der Waals surface area contributed by atoms with Crippen molar-refractivity contribution in [2.45, 2.75) is 46.1 Å². The quantitative estimate of drug-likeness (QED) is 0.449. The molecular formula is C21H33N3O. The van der Waals surface area contributed by atoms with Crippen LogP contribution < -0.4 is 10.6 Å². The van der Waals surface area contributed by atoms with Crippen molar-refractivity contribution in [2.24, 2.45) is 10.9 Å². The SMILES string of the molecule is CN=C(NCCC1=CCOCC1)NC(C)c1ccc(CC(C)C)cc1. The van der Waals surface area contributed by atoms with Crippen molar-refractivity contribution < 1.29 is 4.74 Å². The van der Waals surface area contributed by atoms with Crippen LogP contribution in [-0.2, 0) is 11.2 Å². The average molecular weight is 344 g/mol. The van der Waals surface area contributed by atoms with E-state index in [1.54, 1.807) is 0 Å². The Labute approximate surface area is 152 Å². The normalized spacial score (nSPS) is 16.5. The molecule has 1 aromatic carbocycles. The van der Waals surface area contributed by atoms with Gasteiger partial charge in [-0.3, -0.25) is 4.99 Å². The van der Waals surface area contributed by atoms with Gasteiger partial charge in [0, 0.05) is 13.6 Å². The summed E-state index contributed by atoms with van der Waals surface area (Å²) in [7, 11) is 1.82. The maximum atomic E-state index is 5.35. The van der Waals surface area contributed by atoms with Crippen molar-refractivity contribution in [1.82, 2.24) is 10.6 Å². The molecule has 138 valence electrons. The fourth-order valence-corrected chi connectivity index (χ4v) is 3.03. The lowest BCUT2D eigenvalue weighted by Gasteiger charge is -2.19. The number of nitrogens with zero attached hydrogens (tertiary/aromatic N) is 1. The molecule has 0 saturated carbocycles. The molecule has 1 aromatic rings. The Morgan fingerprint density at radius 3 is 2.56 bits per heavy atom. The van der Waals surface area contributed by atoms with Gasteiger partial charge in [-0.15, -0.1) is 0 Å². The largest absolute Gasteiger partial charge is 0.377 e. The van der Waals surface area contributed by atoms with Crippen molar-refractivity contribution >= 4 is 5.96 Å². The van der Waals surface area contributed by atoms with E-state index in [9.17, 15) is 0 Å². The number of nitrogens with one attached hydrogen (secondary N) is 2. The predicted molar refractivity (Wildman–Crippen MR) is 106 cm³/mol. The van der Waals surface area contributed by atoms with Crippen molar-refractivity contribution in [3.05, 3.63) is 47.0 Å². The lowest BCUT2D eigenvalue weighted by molar-refractivity contribution is 0.153. The summed E-state index contributed by atoms with van der Waals surface area (Å²) in [4.78, 5) is 4.34. The summed E-state index contributed by atoms with van der Waals surface area (Å²) >= 11 is 0. The molecule has 0 radical (unpaired) electrons. The van der Waals surface area contributed by atoms with Gasteiger partial charge in [-0.1, -0.05) is 49.8 Å². The lowest BCUT2D eigenvalue weighted by atomic mass is 10.00. The minimum Gasteiger partial charge on any atom is -0.377 e. The van der Waals surface area contributed by atoms with E-state index < -0.39 is 0 Å². The van der Waals surface area contributed by atoms with Gasteiger partial charge in [-0.05, 0) is 43.2 Å². The monoisotopic (exact) mass is 343 g/mol. The minimum absolute atomic E-state index is 0.224. The molecule has 0 saturated heterocycles. The number of hydrogen-bond acceptors (Lipinski definition) is 2. The second-order valence-electron chi connectivity index (χ2n) is 7.14. The highest BCUT2D eigenvalue weighted by Crippen LogP contribution is 2.15. The minimum atomic E-state index is 0.224. The third kappa shape index (κ3) is 6.91. The first-order valence-electron chi connectivity index (χ1n) is 9.40. The second kappa shape index (κ2) is 10.2. The van der Waals surface area contributed by atoms with E-state index in [-0.39, 0.29) is 6.04 Å². The Morgan fingerprint density at radius 1 is 1.20 bits per heavy atom. The molecule has 1 atom stereocenters. The predicted octanol–water partition coefficient (Wildman–Crippen LogP) is 3.85. The fraction of sp³-hybridized carbons (Fsp3) is 0.571. The van der Waals surface area contributed by atoms with Crippen molar-refractivity contribution in [3.63, 3.8) is 0 Å². The van der Waals surface area contributed by atoms with E-state index in [1.807, 2.05) is 7.05 Å². The van der Waals surface area contributed by atoms with Crippen molar-refractivity contribution in [1.29, 1.82) is 0 Å². The summed E-state index contributed by atoms with van der Waals surface area (Å²) in [6, 6.07) is 9.13. The zero-order valence-electron chi connectivity index (χ0n) is 16.1. The van der Waals surface area contributed by atoms with Crippen molar-refractivity contribution in [3.8, 4) is 0 Å². The molecule has 1 aliphatic heterocycles. The molecule has 4 nitrogen and oxygen atoms in total. The van der Waals surface area contributed by atoms with Gasteiger partial charge in [0.15, 0.2) is 5.96 Å². The van der Waals surface area contributed by atoms with Crippen molar-refractivity contribution in [2.75, 3.05) is 26.8 Å². The topological polar surface area (TPSA) is 45.7 Å². The molecule has 25 heavy (non-hydrogen) atoms.